The summed E-state index contributed by atoms with van der Waals surface area (Å²) < 4.78 is 18.6. The van der Waals surface area contributed by atoms with Gasteiger partial charge in [-0.2, -0.15) is 0 Å². The minimum absolute atomic E-state index is 0.00638. The molecular weight excluding hydrogens is 509 g/mol. The molecule has 210 valence electrons. The molecule has 3 amide bonds. The SMILES string of the molecule is CC1OC(=O)C(Cc2ccccc2)NC(=O)C(C)C(O)C(CCCF)NC(=O)C1NC(=O)c1ccccc1O. The summed E-state index contributed by atoms with van der Waals surface area (Å²) in [6.07, 6.45) is -2.54. The number of rotatable bonds is 7. The normalized spacial score (nSPS) is 26.3. The average Bonchev–Trinajstić information content (AvgIpc) is 2.92. The highest BCUT2D eigenvalue weighted by molar-refractivity contribution is 6.00. The van der Waals surface area contributed by atoms with Gasteiger partial charge >= 0.3 is 5.97 Å². The Morgan fingerprint density at radius 2 is 1.67 bits per heavy atom. The Hall–Kier alpha value is -3.99. The molecule has 39 heavy (non-hydrogen) atoms. The van der Waals surface area contributed by atoms with E-state index in [0.29, 0.717) is 0 Å². The number of phenolic OH excluding ortho intramolecular Hbond substituents is 1. The standard InChI is InChI=1S/C28H34FN3O7/c1-16-24(34)20(12-8-14-29)30-27(37)23(32-26(36)19-11-6-7-13-22(19)33)17(2)39-28(38)21(31-25(16)35)15-18-9-4-3-5-10-18/h3-7,9-11,13,16-17,20-21,23-24,33-34H,8,12,14-15H2,1-2H3,(H,30,37)(H,31,35)(H,32,36). The fourth-order valence-electron chi connectivity index (χ4n) is 4.36. The van der Waals surface area contributed by atoms with Gasteiger partial charge in [0.15, 0.2) is 0 Å². The van der Waals surface area contributed by atoms with Crippen LogP contribution in [0.5, 0.6) is 5.75 Å². The van der Waals surface area contributed by atoms with E-state index in [1.165, 1.54) is 38.1 Å². The summed E-state index contributed by atoms with van der Waals surface area (Å²) in [5.41, 5.74) is 0.627. The number of carbonyl (C=O) groups excluding carboxylic acids is 4. The van der Waals surface area contributed by atoms with Gasteiger partial charge in [-0.05, 0) is 37.5 Å². The van der Waals surface area contributed by atoms with Crippen LogP contribution >= 0.6 is 0 Å². The Labute approximate surface area is 225 Å². The third-order valence-corrected chi connectivity index (χ3v) is 6.69. The molecule has 2 aromatic rings. The van der Waals surface area contributed by atoms with Crippen LogP contribution in [0.1, 0.15) is 42.6 Å². The van der Waals surface area contributed by atoms with E-state index in [4.69, 9.17) is 4.74 Å². The van der Waals surface area contributed by atoms with Gasteiger partial charge in [-0.3, -0.25) is 18.8 Å². The number of aliphatic hydroxyl groups excluding tert-OH is 1. The first kappa shape index (κ1) is 29.6. The van der Waals surface area contributed by atoms with Gasteiger partial charge in [0.2, 0.25) is 11.8 Å². The highest BCUT2D eigenvalue weighted by Crippen LogP contribution is 2.19. The number of halogens is 1. The summed E-state index contributed by atoms with van der Waals surface area (Å²) >= 11 is 0. The molecule has 5 N–H and O–H groups in total. The molecule has 0 aliphatic carbocycles. The number of ether oxygens (including phenoxy) is 1. The first-order valence-electron chi connectivity index (χ1n) is 12.8. The molecule has 3 rings (SSSR count). The molecular formula is C28H34FN3O7. The number of hydrogen-bond acceptors (Lipinski definition) is 7. The Morgan fingerprint density at radius 3 is 2.33 bits per heavy atom. The summed E-state index contributed by atoms with van der Waals surface area (Å²) in [6, 6.07) is 11.0. The maximum absolute atomic E-state index is 13.4. The van der Waals surface area contributed by atoms with Crippen LogP contribution in [0.4, 0.5) is 4.39 Å². The smallest absolute Gasteiger partial charge is 0.329 e. The number of esters is 1. The Balaban J connectivity index is 1.96. The van der Waals surface area contributed by atoms with Crippen molar-refractivity contribution in [3.63, 3.8) is 0 Å². The van der Waals surface area contributed by atoms with E-state index in [-0.39, 0.29) is 30.6 Å². The molecule has 6 atom stereocenters. The van der Waals surface area contributed by atoms with Crippen LogP contribution in [-0.4, -0.2) is 70.9 Å². The number of phenols is 1. The maximum atomic E-state index is 13.4. The summed E-state index contributed by atoms with van der Waals surface area (Å²) in [6.45, 7) is 2.13. The lowest BCUT2D eigenvalue weighted by Crippen LogP contribution is -2.60. The van der Waals surface area contributed by atoms with Crippen LogP contribution in [0, 0.1) is 5.92 Å². The van der Waals surface area contributed by atoms with Crippen molar-refractivity contribution in [2.24, 2.45) is 5.92 Å². The van der Waals surface area contributed by atoms with Crippen LogP contribution in [0.3, 0.4) is 0 Å². The average molecular weight is 544 g/mol. The monoisotopic (exact) mass is 543 g/mol. The molecule has 10 nitrogen and oxygen atoms in total. The van der Waals surface area contributed by atoms with Gasteiger partial charge in [-0.1, -0.05) is 49.4 Å². The Morgan fingerprint density at radius 1 is 1.00 bits per heavy atom. The topological polar surface area (TPSA) is 154 Å². The lowest BCUT2D eigenvalue weighted by molar-refractivity contribution is -0.156. The minimum Gasteiger partial charge on any atom is -0.507 e. The zero-order valence-corrected chi connectivity index (χ0v) is 21.8. The van der Waals surface area contributed by atoms with Gasteiger partial charge in [0.1, 0.15) is 23.9 Å². The number of para-hydroxylation sites is 1. The van der Waals surface area contributed by atoms with Crippen LogP contribution in [0.25, 0.3) is 0 Å². The van der Waals surface area contributed by atoms with E-state index in [1.807, 2.05) is 0 Å². The molecule has 0 aromatic heterocycles. The van der Waals surface area contributed by atoms with Crippen LogP contribution < -0.4 is 16.0 Å². The summed E-state index contributed by atoms with van der Waals surface area (Å²) in [4.78, 5) is 52.6. The molecule has 0 saturated carbocycles. The maximum Gasteiger partial charge on any atom is 0.329 e. The lowest BCUT2D eigenvalue weighted by atomic mass is 9.92. The third kappa shape index (κ3) is 7.76. The molecule has 11 heteroatoms. The van der Waals surface area contributed by atoms with Crippen molar-refractivity contribution < 1.29 is 38.5 Å². The van der Waals surface area contributed by atoms with Crippen LogP contribution in [0.15, 0.2) is 54.6 Å². The number of aromatic hydroxyl groups is 1. The minimum atomic E-state index is -1.44. The summed E-state index contributed by atoms with van der Waals surface area (Å²) in [7, 11) is 0. The van der Waals surface area contributed by atoms with Gasteiger partial charge in [-0.15, -0.1) is 0 Å². The van der Waals surface area contributed by atoms with Gasteiger partial charge in [0.05, 0.1) is 30.3 Å². The summed E-state index contributed by atoms with van der Waals surface area (Å²) in [5.74, 6) is -4.49. The van der Waals surface area contributed by atoms with Gasteiger partial charge < -0.3 is 30.9 Å². The highest BCUT2D eigenvalue weighted by Gasteiger charge is 2.38. The second-order valence-electron chi connectivity index (χ2n) is 9.59. The van der Waals surface area contributed by atoms with E-state index in [2.05, 4.69) is 16.0 Å². The number of cyclic esters (lactones) is 1. The number of alkyl halides is 1. The molecule has 0 radical (unpaired) electrons. The van der Waals surface area contributed by atoms with Crippen molar-refractivity contribution in [1.29, 1.82) is 0 Å². The highest BCUT2D eigenvalue weighted by atomic mass is 19.1. The van der Waals surface area contributed by atoms with Crippen molar-refractivity contribution in [3.05, 3.63) is 65.7 Å². The van der Waals surface area contributed by atoms with Crippen LogP contribution in [-0.2, 0) is 25.5 Å². The number of carbonyl (C=O) groups is 4. The first-order valence-corrected chi connectivity index (χ1v) is 12.8. The molecule has 1 fully saturated rings. The quantitative estimate of drug-likeness (QED) is 0.331. The predicted octanol–water partition coefficient (Wildman–Crippen LogP) is 1.39. The largest absolute Gasteiger partial charge is 0.507 e. The third-order valence-electron chi connectivity index (χ3n) is 6.69. The number of hydrogen-bond donors (Lipinski definition) is 5. The fourth-order valence-corrected chi connectivity index (χ4v) is 4.36. The number of benzene rings is 2. The second kappa shape index (κ2) is 13.7. The molecule has 6 unspecified atom stereocenters. The molecule has 0 bridgehead atoms. The van der Waals surface area contributed by atoms with E-state index in [1.54, 1.807) is 30.3 Å². The molecule has 1 aliphatic heterocycles. The van der Waals surface area contributed by atoms with E-state index < -0.39 is 66.6 Å². The molecule has 1 heterocycles. The molecule has 1 saturated heterocycles. The first-order chi connectivity index (χ1) is 18.6. The number of aliphatic hydroxyl groups is 1. The van der Waals surface area contributed by atoms with Gasteiger partial charge in [0.25, 0.3) is 5.91 Å². The lowest BCUT2D eigenvalue weighted by Gasteiger charge is -2.33. The zero-order valence-electron chi connectivity index (χ0n) is 21.8. The van der Waals surface area contributed by atoms with E-state index in [9.17, 15) is 33.8 Å². The Kier molecular flexibility index (Phi) is 10.4. The van der Waals surface area contributed by atoms with Crippen molar-refractivity contribution in [2.75, 3.05) is 6.67 Å². The van der Waals surface area contributed by atoms with Crippen molar-refractivity contribution in [3.8, 4) is 5.75 Å². The van der Waals surface area contributed by atoms with Crippen molar-refractivity contribution in [2.45, 2.75) is 63.4 Å². The van der Waals surface area contributed by atoms with Crippen molar-refractivity contribution >= 4 is 23.7 Å². The zero-order chi connectivity index (χ0) is 28.5. The van der Waals surface area contributed by atoms with Crippen molar-refractivity contribution in [1.82, 2.24) is 16.0 Å². The molecule has 2 aromatic carbocycles. The van der Waals surface area contributed by atoms with Gasteiger partial charge in [-0.25, -0.2) is 4.79 Å². The molecule has 1 aliphatic rings. The predicted molar refractivity (Wildman–Crippen MR) is 139 cm³/mol. The molecule has 0 spiro atoms. The Bertz CT molecular complexity index is 1160. The number of amides is 3. The van der Waals surface area contributed by atoms with Gasteiger partial charge in [0, 0.05) is 6.42 Å². The van der Waals surface area contributed by atoms with E-state index in [0.717, 1.165) is 5.56 Å². The number of nitrogens with one attached hydrogen (secondary N) is 3. The summed E-state index contributed by atoms with van der Waals surface area (Å²) in [5, 5.41) is 28.8. The van der Waals surface area contributed by atoms with Crippen LogP contribution in [0.2, 0.25) is 0 Å². The van der Waals surface area contributed by atoms with E-state index >= 15 is 0 Å². The second-order valence-corrected chi connectivity index (χ2v) is 9.59. The fraction of sp³-hybridized carbons (Fsp3) is 0.429.